The lowest BCUT2D eigenvalue weighted by Gasteiger charge is -2.07. The second kappa shape index (κ2) is 8.17. The van der Waals surface area contributed by atoms with Crippen molar-refractivity contribution in [1.82, 2.24) is 0 Å². The zero-order chi connectivity index (χ0) is 11.6. The second-order valence-electron chi connectivity index (χ2n) is 4.07. The summed E-state index contributed by atoms with van der Waals surface area (Å²) in [6.45, 7) is 4.02. The monoisotopic (exact) mass is 221 g/mol. The van der Waals surface area contributed by atoms with E-state index in [1.165, 1.54) is 30.5 Å². The molecule has 0 saturated heterocycles. The van der Waals surface area contributed by atoms with E-state index < -0.39 is 0 Å². The topological polar surface area (TPSA) is 21.3 Å². The summed E-state index contributed by atoms with van der Waals surface area (Å²) in [4.78, 5) is 0. The van der Waals surface area contributed by atoms with Crippen LogP contribution in [0.25, 0.3) is 0 Å². The average molecular weight is 221 g/mol. The Kier molecular flexibility index (Phi) is 6.66. The third-order valence-electron chi connectivity index (χ3n) is 2.63. The van der Waals surface area contributed by atoms with E-state index in [2.05, 4.69) is 36.5 Å². The van der Waals surface area contributed by atoms with Crippen molar-refractivity contribution in [2.75, 3.05) is 25.6 Å². The number of benzene rings is 1. The first-order valence-electron chi connectivity index (χ1n) is 6.18. The molecule has 0 aromatic heterocycles. The Morgan fingerprint density at radius 1 is 1.12 bits per heavy atom. The van der Waals surface area contributed by atoms with Crippen molar-refractivity contribution in [2.45, 2.75) is 32.6 Å². The van der Waals surface area contributed by atoms with Gasteiger partial charge in [0.2, 0.25) is 0 Å². The number of aryl methyl sites for hydroxylation is 1. The molecule has 1 rings (SSSR count). The predicted octanol–water partition coefficient (Wildman–Crippen LogP) is 3.48. The van der Waals surface area contributed by atoms with Crippen LogP contribution in [0, 0.1) is 0 Å². The molecule has 1 N–H and O–H groups in total. The Balaban J connectivity index is 2.27. The largest absolute Gasteiger partial charge is 0.385 e. The van der Waals surface area contributed by atoms with E-state index in [-0.39, 0.29) is 0 Å². The lowest BCUT2D eigenvalue weighted by atomic mass is 10.1. The van der Waals surface area contributed by atoms with E-state index in [9.17, 15) is 0 Å². The highest BCUT2D eigenvalue weighted by Crippen LogP contribution is 2.11. The smallest absolute Gasteiger partial charge is 0.0479 e. The zero-order valence-corrected chi connectivity index (χ0v) is 10.5. The molecule has 0 aliphatic heterocycles. The normalized spacial score (nSPS) is 10.4. The number of rotatable bonds is 8. The molecule has 1 aromatic rings. The molecule has 0 aliphatic carbocycles. The van der Waals surface area contributed by atoms with E-state index in [1.807, 2.05) is 0 Å². The summed E-state index contributed by atoms with van der Waals surface area (Å²) in [7, 11) is 1.74. The molecule has 0 spiro atoms. The quantitative estimate of drug-likeness (QED) is 0.679. The SMILES string of the molecule is CCCCc1ccc(NCCCOC)cc1. The minimum absolute atomic E-state index is 0.821. The van der Waals surface area contributed by atoms with Gasteiger partial charge in [0.1, 0.15) is 0 Å². The van der Waals surface area contributed by atoms with Gasteiger partial charge < -0.3 is 10.1 Å². The average Bonchev–Trinajstić information content (AvgIpc) is 2.33. The number of methoxy groups -OCH3 is 1. The van der Waals surface area contributed by atoms with E-state index in [1.54, 1.807) is 7.11 Å². The van der Waals surface area contributed by atoms with Crippen LogP contribution >= 0.6 is 0 Å². The van der Waals surface area contributed by atoms with E-state index in [0.717, 1.165) is 19.6 Å². The third-order valence-corrected chi connectivity index (χ3v) is 2.63. The van der Waals surface area contributed by atoms with Gasteiger partial charge in [-0.05, 0) is 37.0 Å². The maximum absolute atomic E-state index is 5.00. The van der Waals surface area contributed by atoms with Crippen molar-refractivity contribution in [2.24, 2.45) is 0 Å². The van der Waals surface area contributed by atoms with Crippen LogP contribution < -0.4 is 5.32 Å². The minimum atomic E-state index is 0.821. The van der Waals surface area contributed by atoms with Crippen molar-refractivity contribution in [3.63, 3.8) is 0 Å². The number of anilines is 1. The Morgan fingerprint density at radius 2 is 1.88 bits per heavy atom. The van der Waals surface area contributed by atoms with Gasteiger partial charge in [-0.25, -0.2) is 0 Å². The van der Waals surface area contributed by atoms with Gasteiger partial charge in [-0.15, -0.1) is 0 Å². The summed E-state index contributed by atoms with van der Waals surface area (Å²) in [5, 5.41) is 3.38. The van der Waals surface area contributed by atoms with Gasteiger partial charge in [0.25, 0.3) is 0 Å². The molecule has 0 atom stereocenters. The fraction of sp³-hybridized carbons (Fsp3) is 0.571. The standard InChI is InChI=1S/C14H23NO/c1-3-4-6-13-7-9-14(10-8-13)15-11-5-12-16-2/h7-10,15H,3-6,11-12H2,1-2H3. The van der Waals surface area contributed by atoms with Crippen LogP contribution in [0.2, 0.25) is 0 Å². The first kappa shape index (κ1) is 13.0. The Hall–Kier alpha value is -1.02. The van der Waals surface area contributed by atoms with Crippen molar-refractivity contribution in [1.29, 1.82) is 0 Å². The van der Waals surface area contributed by atoms with Gasteiger partial charge in [0.05, 0.1) is 0 Å². The highest BCUT2D eigenvalue weighted by atomic mass is 16.5. The van der Waals surface area contributed by atoms with Crippen LogP contribution in [0.5, 0.6) is 0 Å². The summed E-state index contributed by atoms with van der Waals surface area (Å²) < 4.78 is 5.00. The number of hydrogen-bond donors (Lipinski definition) is 1. The molecule has 2 heteroatoms. The number of unbranched alkanes of at least 4 members (excludes halogenated alkanes) is 1. The van der Waals surface area contributed by atoms with Crippen LogP contribution in [-0.2, 0) is 11.2 Å². The van der Waals surface area contributed by atoms with Crippen molar-refractivity contribution < 1.29 is 4.74 Å². The van der Waals surface area contributed by atoms with Gasteiger partial charge in [0, 0.05) is 25.9 Å². The Morgan fingerprint density at radius 3 is 2.50 bits per heavy atom. The van der Waals surface area contributed by atoms with Gasteiger partial charge >= 0.3 is 0 Å². The molecule has 0 saturated carbocycles. The molecular formula is C14H23NO. The first-order chi connectivity index (χ1) is 7.86. The molecule has 0 aliphatic rings. The molecule has 1 aromatic carbocycles. The Bertz CT molecular complexity index is 269. The summed E-state index contributed by atoms with van der Waals surface area (Å²) >= 11 is 0. The summed E-state index contributed by atoms with van der Waals surface area (Å²) in [6, 6.07) is 8.76. The highest BCUT2D eigenvalue weighted by Gasteiger charge is 1.94. The van der Waals surface area contributed by atoms with Crippen molar-refractivity contribution >= 4 is 5.69 Å². The summed E-state index contributed by atoms with van der Waals surface area (Å²) in [6.07, 6.45) is 4.78. The fourth-order valence-electron chi connectivity index (χ4n) is 1.62. The molecule has 0 bridgehead atoms. The van der Waals surface area contributed by atoms with Crippen molar-refractivity contribution in [3.05, 3.63) is 29.8 Å². The van der Waals surface area contributed by atoms with Crippen LogP contribution in [0.4, 0.5) is 5.69 Å². The van der Waals surface area contributed by atoms with Gasteiger partial charge in [-0.3, -0.25) is 0 Å². The molecule has 0 unspecified atom stereocenters. The van der Waals surface area contributed by atoms with Gasteiger partial charge in [0.15, 0.2) is 0 Å². The number of hydrogen-bond acceptors (Lipinski definition) is 2. The maximum Gasteiger partial charge on any atom is 0.0479 e. The van der Waals surface area contributed by atoms with Crippen LogP contribution in [0.1, 0.15) is 31.7 Å². The predicted molar refractivity (Wildman–Crippen MR) is 70.0 cm³/mol. The molecule has 0 fully saturated rings. The Labute approximate surface area is 99.0 Å². The lowest BCUT2D eigenvalue weighted by Crippen LogP contribution is -2.04. The van der Waals surface area contributed by atoms with E-state index in [0.29, 0.717) is 0 Å². The maximum atomic E-state index is 5.00. The fourth-order valence-corrected chi connectivity index (χ4v) is 1.62. The highest BCUT2D eigenvalue weighted by molar-refractivity contribution is 5.44. The third kappa shape index (κ3) is 5.17. The second-order valence-corrected chi connectivity index (χ2v) is 4.07. The molecular weight excluding hydrogens is 198 g/mol. The molecule has 0 amide bonds. The number of ether oxygens (including phenoxy) is 1. The summed E-state index contributed by atoms with van der Waals surface area (Å²) in [5.41, 5.74) is 2.64. The lowest BCUT2D eigenvalue weighted by molar-refractivity contribution is 0.198. The van der Waals surface area contributed by atoms with Crippen LogP contribution in [-0.4, -0.2) is 20.3 Å². The summed E-state index contributed by atoms with van der Waals surface area (Å²) in [5.74, 6) is 0. The van der Waals surface area contributed by atoms with E-state index in [4.69, 9.17) is 4.74 Å². The molecule has 0 radical (unpaired) electrons. The van der Waals surface area contributed by atoms with E-state index >= 15 is 0 Å². The number of nitrogens with one attached hydrogen (secondary N) is 1. The van der Waals surface area contributed by atoms with Crippen LogP contribution in [0.15, 0.2) is 24.3 Å². The van der Waals surface area contributed by atoms with Gasteiger partial charge in [-0.2, -0.15) is 0 Å². The molecule has 2 nitrogen and oxygen atoms in total. The molecule has 0 heterocycles. The molecule has 90 valence electrons. The van der Waals surface area contributed by atoms with Crippen molar-refractivity contribution in [3.8, 4) is 0 Å². The zero-order valence-electron chi connectivity index (χ0n) is 10.5. The van der Waals surface area contributed by atoms with Gasteiger partial charge in [-0.1, -0.05) is 25.5 Å². The molecule has 16 heavy (non-hydrogen) atoms. The minimum Gasteiger partial charge on any atom is -0.385 e. The van der Waals surface area contributed by atoms with Crippen LogP contribution in [0.3, 0.4) is 0 Å². The first-order valence-corrected chi connectivity index (χ1v) is 6.18.